The van der Waals surface area contributed by atoms with E-state index >= 15 is 0 Å². The Kier molecular flexibility index (Phi) is 4.51. The van der Waals surface area contributed by atoms with E-state index in [-0.39, 0.29) is 11.5 Å². The third kappa shape index (κ3) is 3.30. The Morgan fingerprint density at radius 1 is 1.12 bits per heavy atom. The van der Waals surface area contributed by atoms with E-state index in [0.29, 0.717) is 29.8 Å². The molecule has 1 aliphatic heterocycles. The number of carbonyl (C=O) groups excluding carboxylic acids is 1. The van der Waals surface area contributed by atoms with Crippen LogP contribution in [0.3, 0.4) is 0 Å². The summed E-state index contributed by atoms with van der Waals surface area (Å²) in [6, 6.07) is 7.17. The summed E-state index contributed by atoms with van der Waals surface area (Å²) < 4.78 is 1.31. The first-order valence-corrected chi connectivity index (χ1v) is 9.32. The number of amides is 1. The van der Waals surface area contributed by atoms with E-state index in [1.807, 2.05) is 17.0 Å². The lowest BCUT2D eigenvalue weighted by Crippen LogP contribution is -2.45. The van der Waals surface area contributed by atoms with Gasteiger partial charge in [-0.2, -0.15) is 0 Å². The summed E-state index contributed by atoms with van der Waals surface area (Å²) in [7, 11) is 0. The van der Waals surface area contributed by atoms with Crippen LogP contribution in [-0.2, 0) is 11.3 Å². The third-order valence-corrected chi connectivity index (χ3v) is 5.81. The largest absolute Gasteiger partial charge is 0.342 e. The van der Waals surface area contributed by atoms with Gasteiger partial charge in [0.1, 0.15) is 5.52 Å². The molecule has 25 heavy (non-hydrogen) atoms. The number of aryl methyl sites for hydroxylation is 1. The maximum absolute atomic E-state index is 12.6. The van der Waals surface area contributed by atoms with Crippen LogP contribution in [0.25, 0.3) is 10.9 Å². The van der Waals surface area contributed by atoms with Crippen molar-refractivity contribution in [2.75, 3.05) is 13.1 Å². The molecule has 2 fully saturated rings. The molecule has 1 aromatic heterocycles. The number of benzene rings is 1. The fourth-order valence-corrected chi connectivity index (χ4v) is 4.36. The lowest BCUT2D eigenvalue weighted by atomic mass is 9.75. The first kappa shape index (κ1) is 16.2. The maximum atomic E-state index is 12.6. The number of hydrogen-bond acceptors (Lipinski definition) is 4. The zero-order chi connectivity index (χ0) is 17.2. The molecule has 4 rings (SSSR count). The highest BCUT2D eigenvalue weighted by atomic mass is 16.2. The number of nitrogens with zero attached hydrogens (tertiary/aromatic N) is 4. The molecule has 6 heteroatoms. The van der Waals surface area contributed by atoms with E-state index in [4.69, 9.17) is 0 Å². The van der Waals surface area contributed by atoms with Crippen molar-refractivity contribution >= 4 is 16.8 Å². The van der Waals surface area contributed by atoms with Gasteiger partial charge in [-0.1, -0.05) is 36.6 Å². The van der Waals surface area contributed by atoms with Gasteiger partial charge in [0.2, 0.25) is 5.91 Å². The fourth-order valence-electron chi connectivity index (χ4n) is 4.36. The van der Waals surface area contributed by atoms with Crippen molar-refractivity contribution in [1.82, 2.24) is 19.9 Å². The van der Waals surface area contributed by atoms with Crippen LogP contribution in [0.4, 0.5) is 0 Å². The van der Waals surface area contributed by atoms with E-state index in [1.165, 1.54) is 30.4 Å². The minimum atomic E-state index is -0.176. The number of likely N-dealkylation sites (tertiary alicyclic amines) is 1. The van der Waals surface area contributed by atoms with Gasteiger partial charge in [-0.05, 0) is 36.8 Å². The highest BCUT2D eigenvalue weighted by Crippen LogP contribution is 2.36. The van der Waals surface area contributed by atoms with Crippen LogP contribution in [-0.4, -0.2) is 38.9 Å². The van der Waals surface area contributed by atoms with E-state index in [2.05, 4.69) is 10.3 Å². The predicted molar refractivity (Wildman–Crippen MR) is 95.1 cm³/mol. The second-order valence-electron chi connectivity index (χ2n) is 7.32. The third-order valence-electron chi connectivity index (χ3n) is 5.81. The summed E-state index contributed by atoms with van der Waals surface area (Å²) in [5.74, 6) is 1.62. The Balaban J connectivity index is 1.40. The first-order valence-electron chi connectivity index (χ1n) is 9.32. The number of rotatable bonds is 3. The molecule has 0 bridgehead atoms. The van der Waals surface area contributed by atoms with Crippen molar-refractivity contribution in [3.63, 3.8) is 0 Å². The van der Waals surface area contributed by atoms with Crippen LogP contribution in [0.15, 0.2) is 29.1 Å². The molecule has 132 valence electrons. The summed E-state index contributed by atoms with van der Waals surface area (Å²) >= 11 is 0. The van der Waals surface area contributed by atoms with Crippen LogP contribution in [0.2, 0.25) is 0 Å². The first-order chi connectivity index (χ1) is 12.2. The summed E-state index contributed by atoms with van der Waals surface area (Å²) in [5, 5.41) is 8.60. The lowest BCUT2D eigenvalue weighted by molar-refractivity contribution is -0.134. The van der Waals surface area contributed by atoms with E-state index < -0.39 is 0 Å². The van der Waals surface area contributed by atoms with Gasteiger partial charge in [-0.15, -0.1) is 5.10 Å². The topological polar surface area (TPSA) is 68.1 Å². The molecular formula is C19H24N4O2. The molecule has 2 aromatic rings. The van der Waals surface area contributed by atoms with Crippen molar-refractivity contribution in [3.05, 3.63) is 34.6 Å². The molecule has 2 heterocycles. The van der Waals surface area contributed by atoms with Crippen LogP contribution in [0.5, 0.6) is 0 Å². The Morgan fingerprint density at radius 3 is 2.80 bits per heavy atom. The molecule has 0 radical (unpaired) electrons. The molecule has 1 aliphatic carbocycles. The molecule has 6 nitrogen and oxygen atoms in total. The molecule has 0 spiro atoms. The average Bonchev–Trinajstić information content (AvgIpc) is 2.67. The molecule has 0 N–H and O–H groups in total. The Hall–Kier alpha value is -2.24. The van der Waals surface area contributed by atoms with Gasteiger partial charge >= 0.3 is 0 Å². The molecular weight excluding hydrogens is 316 g/mol. The van der Waals surface area contributed by atoms with Crippen LogP contribution in [0.1, 0.15) is 38.5 Å². The van der Waals surface area contributed by atoms with E-state index in [1.54, 1.807) is 12.1 Å². The lowest BCUT2D eigenvalue weighted by Gasteiger charge is -2.41. The van der Waals surface area contributed by atoms with Crippen molar-refractivity contribution in [2.45, 2.75) is 45.1 Å². The fraction of sp³-hybridized carbons (Fsp3) is 0.579. The Morgan fingerprint density at radius 2 is 1.92 bits per heavy atom. The molecule has 1 amide bonds. The van der Waals surface area contributed by atoms with Crippen LogP contribution in [0, 0.1) is 11.8 Å². The second-order valence-corrected chi connectivity index (χ2v) is 7.32. The molecule has 1 saturated carbocycles. The normalized spacial score (nSPS) is 23.4. The molecule has 2 aliphatic rings. The van der Waals surface area contributed by atoms with Gasteiger partial charge in [-0.3, -0.25) is 9.59 Å². The summed E-state index contributed by atoms with van der Waals surface area (Å²) in [5.41, 5.74) is 0.416. The minimum absolute atomic E-state index is 0.130. The molecule has 1 aromatic carbocycles. The molecule has 0 unspecified atom stereocenters. The summed E-state index contributed by atoms with van der Waals surface area (Å²) in [4.78, 5) is 27.0. The standard InChI is InChI=1S/C19H24N4O2/c24-18(22-11-9-14-5-1-2-6-15(14)13-22)10-12-23-19(25)16-7-3-4-8-17(16)20-21-23/h3-4,7-8,14-15H,1-2,5-6,9-13H2/t14-,15-/m1/s1. The van der Waals surface area contributed by atoms with Crippen molar-refractivity contribution in [2.24, 2.45) is 11.8 Å². The Bertz CT molecular complexity index is 832. The molecule has 2 atom stereocenters. The highest BCUT2D eigenvalue weighted by molar-refractivity contribution is 5.77. The van der Waals surface area contributed by atoms with Gasteiger partial charge in [0.15, 0.2) is 0 Å². The Labute approximate surface area is 146 Å². The van der Waals surface area contributed by atoms with Gasteiger partial charge in [0.25, 0.3) is 5.56 Å². The summed E-state index contributed by atoms with van der Waals surface area (Å²) in [6.45, 7) is 2.04. The predicted octanol–water partition coefficient (Wildman–Crippen LogP) is 2.22. The zero-order valence-corrected chi connectivity index (χ0v) is 14.4. The van der Waals surface area contributed by atoms with Gasteiger partial charge in [-0.25, -0.2) is 4.68 Å². The molecule has 1 saturated heterocycles. The average molecular weight is 340 g/mol. The van der Waals surface area contributed by atoms with E-state index in [9.17, 15) is 9.59 Å². The zero-order valence-electron chi connectivity index (χ0n) is 14.4. The highest BCUT2D eigenvalue weighted by Gasteiger charge is 2.32. The minimum Gasteiger partial charge on any atom is -0.342 e. The maximum Gasteiger partial charge on any atom is 0.277 e. The van der Waals surface area contributed by atoms with Gasteiger partial charge < -0.3 is 4.90 Å². The SMILES string of the molecule is O=C(CCn1nnc2ccccc2c1=O)N1CC[C@H]2CCCC[C@@H]2C1. The number of piperidine rings is 1. The van der Waals surface area contributed by atoms with Crippen molar-refractivity contribution in [1.29, 1.82) is 0 Å². The van der Waals surface area contributed by atoms with Crippen molar-refractivity contribution in [3.8, 4) is 0 Å². The second kappa shape index (κ2) is 6.94. The number of carbonyl (C=O) groups is 1. The monoisotopic (exact) mass is 340 g/mol. The summed E-state index contributed by atoms with van der Waals surface area (Å²) in [6.07, 6.45) is 6.67. The number of aromatic nitrogens is 3. The van der Waals surface area contributed by atoms with Crippen molar-refractivity contribution < 1.29 is 4.79 Å². The number of hydrogen-bond donors (Lipinski definition) is 0. The number of fused-ring (bicyclic) bond motifs is 2. The van der Waals surface area contributed by atoms with Gasteiger partial charge in [0, 0.05) is 19.5 Å². The quantitative estimate of drug-likeness (QED) is 0.859. The van der Waals surface area contributed by atoms with Gasteiger partial charge in [0.05, 0.1) is 11.9 Å². The van der Waals surface area contributed by atoms with Crippen LogP contribution < -0.4 is 5.56 Å². The van der Waals surface area contributed by atoms with E-state index in [0.717, 1.165) is 25.4 Å². The van der Waals surface area contributed by atoms with Crippen LogP contribution >= 0.6 is 0 Å². The smallest absolute Gasteiger partial charge is 0.277 e.